The maximum atomic E-state index is 12.9. The first-order valence-corrected chi connectivity index (χ1v) is 8.20. The average molecular weight is 324 g/mol. The van der Waals surface area contributed by atoms with Crippen LogP contribution in [0.5, 0.6) is 5.75 Å². The molecule has 0 bridgehead atoms. The third kappa shape index (κ3) is 2.64. The summed E-state index contributed by atoms with van der Waals surface area (Å²) in [4.78, 5) is 18.1. The van der Waals surface area contributed by atoms with Gasteiger partial charge in [-0.05, 0) is 37.1 Å². The highest BCUT2D eigenvalue weighted by Crippen LogP contribution is 2.25. The second-order valence-corrected chi connectivity index (χ2v) is 6.16. The molecule has 4 rings (SSSR count). The predicted octanol–water partition coefficient (Wildman–Crippen LogP) is 2.68. The third-order valence-electron chi connectivity index (χ3n) is 4.66. The molecule has 3 aromatic rings. The van der Waals surface area contributed by atoms with Crippen LogP contribution in [-0.2, 0) is 6.54 Å². The molecule has 0 unspecified atom stereocenters. The molecule has 24 heavy (non-hydrogen) atoms. The van der Waals surface area contributed by atoms with E-state index in [0.717, 1.165) is 42.6 Å². The lowest BCUT2D eigenvalue weighted by atomic mass is 10.2. The molecule has 3 heterocycles. The molecule has 6 nitrogen and oxygen atoms in total. The molecule has 0 aliphatic carbocycles. The lowest BCUT2D eigenvalue weighted by Gasteiger charge is -2.24. The lowest BCUT2D eigenvalue weighted by molar-refractivity contribution is 0.0716. The number of H-pyrrole nitrogens is 1. The van der Waals surface area contributed by atoms with E-state index in [4.69, 9.17) is 4.74 Å². The van der Waals surface area contributed by atoms with Gasteiger partial charge in [0, 0.05) is 35.9 Å². The zero-order chi connectivity index (χ0) is 16.5. The van der Waals surface area contributed by atoms with E-state index in [0.29, 0.717) is 5.69 Å². The van der Waals surface area contributed by atoms with Crippen LogP contribution in [0.25, 0.3) is 10.9 Å². The second kappa shape index (κ2) is 6.03. The highest BCUT2D eigenvalue weighted by atomic mass is 16.5. The predicted molar refractivity (Wildman–Crippen MR) is 91.1 cm³/mol. The Balaban J connectivity index is 1.57. The number of aromatic nitrogens is 3. The molecule has 1 N–H and O–H groups in total. The van der Waals surface area contributed by atoms with Crippen molar-refractivity contribution in [2.75, 3.05) is 13.7 Å². The van der Waals surface area contributed by atoms with Crippen LogP contribution in [0.4, 0.5) is 0 Å². The van der Waals surface area contributed by atoms with Gasteiger partial charge in [0.2, 0.25) is 0 Å². The lowest BCUT2D eigenvalue weighted by Crippen LogP contribution is -2.38. The van der Waals surface area contributed by atoms with Crippen LogP contribution in [0.15, 0.2) is 42.7 Å². The standard InChI is InChI=1S/C18H20N4O2/c1-24-15-6-5-13-10-17(20-16(13)11-15)18(23)22-9-2-4-14(22)12-21-8-3-7-19-21/h3,5-8,10-11,14,20H,2,4,9,12H2,1H3/t14-/m1/s1. The van der Waals surface area contributed by atoms with E-state index in [1.165, 1.54) is 0 Å². The number of rotatable bonds is 4. The number of aromatic amines is 1. The summed E-state index contributed by atoms with van der Waals surface area (Å²) in [5.41, 5.74) is 1.55. The molecule has 2 aromatic heterocycles. The first kappa shape index (κ1) is 14.8. The number of nitrogens with one attached hydrogen (secondary N) is 1. The van der Waals surface area contributed by atoms with Gasteiger partial charge in [-0.1, -0.05) is 0 Å². The molecule has 6 heteroatoms. The molecule has 0 radical (unpaired) electrons. The quantitative estimate of drug-likeness (QED) is 0.802. The zero-order valence-electron chi connectivity index (χ0n) is 13.6. The van der Waals surface area contributed by atoms with Crippen molar-refractivity contribution in [3.8, 4) is 5.75 Å². The Morgan fingerprint density at radius 3 is 3.12 bits per heavy atom. The van der Waals surface area contributed by atoms with E-state index in [1.807, 2.05) is 46.1 Å². The van der Waals surface area contributed by atoms with Crippen LogP contribution >= 0.6 is 0 Å². The summed E-state index contributed by atoms with van der Waals surface area (Å²) in [6.07, 6.45) is 5.76. The second-order valence-electron chi connectivity index (χ2n) is 6.16. The Morgan fingerprint density at radius 1 is 1.42 bits per heavy atom. The molecule has 1 amide bonds. The van der Waals surface area contributed by atoms with E-state index in [9.17, 15) is 4.79 Å². The molecule has 1 fully saturated rings. The van der Waals surface area contributed by atoms with E-state index >= 15 is 0 Å². The SMILES string of the molecule is COc1ccc2cc(C(=O)N3CCC[C@@H]3Cn3cccn3)[nH]c2c1. The number of ether oxygens (including phenoxy) is 1. The summed E-state index contributed by atoms with van der Waals surface area (Å²) < 4.78 is 7.14. The Morgan fingerprint density at radius 2 is 2.33 bits per heavy atom. The van der Waals surface area contributed by atoms with Gasteiger partial charge in [-0.25, -0.2) is 0 Å². The van der Waals surface area contributed by atoms with Crippen molar-refractivity contribution >= 4 is 16.8 Å². The van der Waals surface area contributed by atoms with Gasteiger partial charge >= 0.3 is 0 Å². The van der Waals surface area contributed by atoms with Crippen LogP contribution in [0, 0.1) is 0 Å². The first-order chi connectivity index (χ1) is 11.7. The largest absolute Gasteiger partial charge is 0.497 e. The van der Waals surface area contributed by atoms with Gasteiger partial charge in [0.1, 0.15) is 11.4 Å². The Bertz CT molecular complexity index is 853. The molecule has 0 spiro atoms. The van der Waals surface area contributed by atoms with Crippen LogP contribution in [0.3, 0.4) is 0 Å². The number of amides is 1. The van der Waals surface area contributed by atoms with Crippen molar-refractivity contribution in [1.29, 1.82) is 0 Å². The van der Waals surface area contributed by atoms with Crippen molar-refractivity contribution < 1.29 is 9.53 Å². The summed E-state index contributed by atoms with van der Waals surface area (Å²) in [6.45, 7) is 1.54. The van der Waals surface area contributed by atoms with Crippen molar-refractivity contribution in [2.24, 2.45) is 0 Å². The van der Waals surface area contributed by atoms with Gasteiger partial charge in [-0.3, -0.25) is 9.48 Å². The molecule has 1 aliphatic rings. The van der Waals surface area contributed by atoms with E-state index in [2.05, 4.69) is 10.1 Å². The molecule has 1 aromatic carbocycles. The minimum Gasteiger partial charge on any atom is -0.497 e. The molecule has 1 saturated heterocycles. The van der Waals surface area contributed by atoms with Crippen LogP contribution < -0.4 is 4.74 Å². The summed E-state index contributed by atoms with van der Waals surface area (Å²) in [5, 5.41) is 5.27. The number of hydrogen-bond donors (Lipinski definition) is 1. The smallest absolute Gasteiger partial charge is 0.270 e. The molecule has 0 saturated carbocycles. The zero-order valence-corrected chi connectivity index (χ0v) is 13.6. The van der Waals surface area contributed by atoms with Gasteiger partial charge in [0.15, 0.2) is 0 Å². The Labute approximate surface area is 140 Å². The summed E-state index contributed by atoms with van der Waals surface area (Å²) in [7, 11) is 1.64. The minimum absolute atomic E-state index is 0.0554. The topological polar surface area (TPSA) is 63.1 Å². The number of methoxy groups -OCH3 is 1. The number of nitrogens with zero attached hydrogens (tertiary/aromatic N) is 3. The molecule has 1 aliphatic heterocycles. The average Bonchev–Trinajstić information content (AvgIpc) is 3.34. The number of likely N-dealkylation sites (tertiary alicyclic amines) is 1. The maximum absolute atomic E-state index is 12.9. The van der Waals surface area contributed by atoms with E-state index in [-0.39, 0.29) is 11.9 Å². The maximum Gasteiger partial charge on any atom is 0.270 e. The molecular formula is C18H20N4O2. The van der Waals surface area contributed by atoms with Crippen molar-refractivity contribution in [3.63, 3.8) is 0 Å². The monoisotopic (exact) mass is 324 g/mol. The molecule has 1 atom stereocenters. The minimum atomic E-state index is 0.0554. The van der Waals surface area contributed by atoms with Gasteiger partial charge in [0.05, 0.1) is 19.7 Å². The molecule has 124 valence electrons. The summed E-state index contributed by atoms with van der Waals surface area (Å²) >= 11 is 0. The number of benzene rings is 1. The van der Waals surface area contributed by atoms with Crippen LogP contribution in [0.2, 0.25) is 0 Å². The highest BCUT2D eigenvalue weighted by Gasteiger charge is 2.30. The number of fused-ring (bicyclic) bond motifs is 1. The Kier molecular flexibility index (Phi) is 3.72. The van der Waals surface area contributed by atoms with Crippen molar-refractivity contribution in [3.05, 3.63) is 48.4 Å². The van der Waals surface area contributed by atoms with Crippen molar-refractivity contribution in [1.82, 2.24) is 19.7 Å². The summed E-state index contributed by atoms with van der Waals surface area (Å²) in [6, 6.07) is 9.80. The fourth-order valence-corrected chi connectivity index (χ4v) is 3.42. The normalized spacial score (nSPS) is 17.5. The molecular weight excluding hydrogens is 304 g/mol. The Hall–Kier alpha value is -2.76. The van der Waals surface area contributed by atoms with Crippen LogP contribution in [0.1, 0.15) is 23.3 Å². The van der Waals surface area contributed by atoms with Crippen molar-refractivity contribution in [2.45, 2.75) is 25.4 Å². The summed E-state index contributed by atoms with van der Waals surface area (Å²) in [5.74, 6) is 0.834. The fourth-order valence-electron chi connectivity index (χ4n) is 3.42. The van der Waals surface area contributed by atoms with Gasteiger partial charge in [-0.15, -0.1) is 0 Å². The van der Waals surface area contributed by atoms with Crippen LogP contribution in [-0.4, -0.2) is 45.3 Å². The van der Waals surface area contributed by atoms with Gasteiger partial charge in [0.25, 0.3) is 5.91 Å². The third-order valence-corrected chi connectivity index (χ3v) is 4.66. The van der Waals surface area contributed by atoms with Gasteiger partial charge in [-0.2, -0.15) is 5.10 Å². The number of hydrogen-bond acceptors (Lipinski definition) is 3. The number of carbonyl (C=O) groups is 1. The van der Waals surface area contributed by atoms with Gasteiger partial charge < -0.3 is 14.6 Å². The first-order valence-electron chi connectivity index (χ1n) is 8.20. The van der Waals surface area contributed by atoms with E-state index in [1.54, 1.807) is 13.3 Å². The fraction of sp³-hybridized carbons (Fsp3) is 0.333. The highest BCUT2D eigenvalue weighted by molar-refractivity contribution is 5.98. The number of carbonyl (C=O) groups excluding carboxylic acids is 1. The van der Waals surface area contributed by atoms with E-state index < -0.39 is 0 Å².